The number of H-pyrrole nitrogens is 1. The van der Waals surface area contributed by atoms with Gasteiger partial charge in [0.25, 0.3) is 5.56 Å². The van der Waals surface area contributed by atoms with Crippen molar-refractivity contribution in [2.24, 2.45) is 0 Å². The Balaban J connectivity index is 2.96. The molecule has 0 fully saturated rings. The third-order valence-electron chi connectivity index (χ3n) is 1.65. The van der Waals surface area contributed by atoms with E-state index >= 15 is 0 Å². The van der Waals surface area contributed by atoms with Gasteiger partial charge in [0.05, 0.1) is 6.20 Å². The molecule has 0 aromatic carbocycles. The molecule has 0 spiro atoms. The maximum atomic E-state index is 11.5. The highest BCUT2D eigenvalue weighted by Crippen LogP contribution is 2.19. The second-order valence-corrected chi connectivity index (χ2v) is 4.22. The van der Waals surface area contributed by atoms with E-state index in [0.29, 0.717) is 19.8 Å². The normalized spacial score (nSPS) is 10.7. The average molecular weight is 320 g/mol. The Morgan fingerprint density at radius 2 is 2.29 bits per heavy atom. The highest BCUT2D eigenvalue weighted by molar-refractivity contribution is 14.1. The van der Waals surface area contributed by atoms with Gasteiger partial charge < -0.3 is 0 Å². The Kier molecular flexibility index (Phi) is 2.68. The summed E-state index contributed by atoms with van der Waals surface area (Å²) < 4.78 is 0.617. The van der Waals surface area contributed by atoms with Crippen LogP contribution in [0, 0.1) is 3.83 Å². The van der Waals surface area contributed by atoms with E-state index in [1.54, 1.807) is 0 Å². The van der Waals surface area contributed by atoms with Crippen LogP contribution in [-0.4, -0.2) is 26.4 Å². The van der Waals surface area contributed by atoms with E-state index in [0.717, 1.165) is 0 Å². The first kappa shape index (κ1) is 9.84. The van der Waals surface area contributed by atoms with Crippen LogP contribution in [0.4, 0.5) is 0 Å². The van der Waals surface area contributed by atoms with Crippen molar-refractivity contribution in [3.05, 3.63) is 20.4 Å². The lowest BCUT2D eigenvalue weighted by atomic mass is 10.3. The fourth-order valence-corrected chi connectivity index (χ4v) is 2.34. The lowest BCUT2D eigenvalue weighted by molar-refractivity contribution is 0.969. The number of aromatic amines is 1. The number of aromatic nitrogens is 4. The number of fused-ring (bicyclic) bond motifs is 1. The van der Waals surface area contributed by atoms with E-state index in [9.17, 15) is 4.79 Å². The number of rotatable bonds is 1. The molecule has 72 valence electrons. The number of halogens is 1. The molecular weight excluding hydrogens is 315 g/mol. The van der Waals surface area contributed by atoms with Gasteiger partial charge in [0.1, 0.15) is 15.9 Å². The minimum absolute atomic E-state index is 0.247. The summed E-state index contributed by atoms with van der Waals surface area (Å²) in [6.45, 7) is 0. The van der Waals surface area contributed by atoms with Crippen LogP contribution in [0.2, 0.25) is 0 Å². The predicted molar refractivity (Wildman–Crippen MR) is 62.5 cm³/mol. The van der Waals surface area contributed by atoms with Gasteiger partial charge in [-0.25, -0.2) is 15.1 Å². The van der Waals surface area contributed by atoms with Crippen molar-refractivity contribution in [1.82, 2.24) is 20.2 Å². The van der Waals surface area contributed by atoms with Gasteiger partial charge in [0.15, 0.2) is 3.83 Å². The monoisotopic (exact) mass is 320 g/mol. The molecule has 0 aliphatic heterocycles. The van der Waals surface area contributed by atoms with Crippen molar-refractivity contribution < 1.29 is 0 Å². The molecule has 5 nitrogen and oxygen atoms in total. The summed E-state index contributed by atoms with van der Waals surface area (Å²) >= 11 is 3.44. The van der Waals surface area contributed by atoms with Crippen LogP contribution in [0.15, 0.2) is 16.0 Å². The first-order valence-electron chi connectivity index (χ1n) is 3.67. The van der Waals surface area contributed by atoms with Crippen LogP contribution >= 0.6 is 34.4 Å². The molecule has 1 N–H and O–H groups in total. The lowest BCUT2D eigenvalue weighted by Gasteiger charge is -2.00. The van der Waals surface area contributed by atoms with Crippen LogP contribution < -0.4 is 5.56 Å². The van der Waals surface area contributed by atoms with Gasteiger partial charge in [-0.05, 0) is 6.26 Å². The van der Waals surface area contributed by atoms with Crippen molar-refractivity contribution in [2.75, 3.05) is 6.26 Å². The van der Waals surface area contributed by atoms with Crippen LogP contribution in [-0.2, 0) is 0 Å². The third kappa shape index (κ3) is 1.61. The minimum atomic E-state index is -0.247. The van der Waals surface area contributed by atoms with Crippen molar-refractivity contribution in [3.63, 3.8) is 0 Å². The van der Waals surface area contributed by atoms with Gasteiger partial charge in [-0.15, -0.1) is 11.8 Å². The van der Waals surface area contributed by atoms with Crippen LogP contribution in [0.3, 0.4) is 0 Å². The SMILES string of the molecule is CSc1nc(I)nc2cn[nH]c(=O)c12. The van der Waals surface area contributed by atoms with Gasteiger partial charge in [0.2, 0.25) is 0 Å². The van der Waals surface area contributed by atoms with Crippen LogP contribution in [0.25, 0.3) is 10.9 Å². The van der Waals surface area contributed by atoms with E-state index in [-0.39, 0.29) is 5.56 Å². The van der Waals surface area contributed by atoms with Crippen LogP contribution in [0.1, 0.15) is 0 Å². The molecule has 0 aliphatic rings. The summed E-state index contributed by atoms with van der Waals surface area (Å²) in [6, 6.07) is 0. The highest BCUT2D eigenvalue weighted by Gasteiger charge is 2.08. The summed E-state index contributed by atoms with van der Waals surface area (Å²) in [5, 5.41) is 7.25. The van der Waals surface area contributed by atoms with E-state index in [1.807, 2.05) is 28.8 Å². The highest BCUT2D eigenvalue weighted by atomic mass is 127. The molecule has 14 heavy (non-hydrogen) atoms. The zero-order valence-corrected chi connectivity index (χ0v) is 10.1. The van der Waals surface area contributed by atoms with Crippen molar-refractivity contribution >= 4 is 45.3 Å². The van der Waals surface area contributed by atoms with E-state index in [1.165, 1.54) is 18.0 Å². The quantitative estimate of drug-likeness (QED) is 0.368. The largest absolute Gasteiger partial charge is 0.276 e. The first-order valence-corrected chi connectivity index (χ1v) is 5.97. The Labute approximate surface area is 96.9 Å². The molecule has 2 aromatic heterocycles. The zero-order chi connectivity index (χ0) is 10.1. The minimum Gasteiger partial charge on any atom is -0.267 e. The molecule has 0 amide bonds. The Hall–Kier alpha value is -0.700. The van der Waals surface area contributed by atoms with Gasteiger partial charge in [-0.1, -0.05) is 0 Å². The molecular formula is C7H5IN4OS. The van der Waals surface area contributed by atoms with Gasteiger partial charge >= 0.3 is 0 Å². The average Bonchev–Trinajstić information content (AvgIpc) is 2.16. The summed E-state index contributed by atoms with van der Waals surface area (Å²) in [6.07, 6.45) is 3.40. The molecule has 0 aliphatic carbocycles. The maximum absolute atomic E-state index is 11.5. The second-order valence-electron chi connectivity index (χ2n) is 2.46. The summed E-state index contributed by atoms with van der Waals surface area (Å²) in [4.78, 5) is 19.8. The molecule has 2 rings (SSSR count). The maximum Gasteiger partial charge on any atom is 0.276 e. The number of hydrogen-bond acceptors (Lipinski definition) is 5. The summed E-state index contributed by atoms with van der Waals surface area (Å²) in [5.74, 6) is 0. The lowest BCUT2D eigenvalue weighted by Crippen LogP contribution is -2.10. The summed E-state index contributed by atoms with van der Waals surface area (Å²) in [5.41, 5.74) is 0.334. The molecule has 0 saturated carbocycles. The molecule has 2 heterocycles. The summed E-state index contributed by atoms with van der Waals surface area (Å²) in [7, 11) is 0. The Morgan fingerprint density at radius 3 is 3.00 bits per heavy atom. The second kappa shape index (κ2) is 3.81. The molecule has 7 heteroatoms. The first-order chi connectivity index (χ1) is 6.72. The standard InChI is InChI=1S/C7H5IN4OS/c1-14-6-4-3(10-7(8)11-6)2-9-12-5(4)13/h2H,1H3,(H,12,13). The Morgan fingerprint density at radius 1 is 1.50 bits per heavy atom. The number of nitrogens with one attached hydrogen (secondary N) is 1. The fraction of sp³-hybridized carbons (Fsp3) is 0.143. The van der Waals surface area contributed by atoms with E-state index < -0.39 is 0 Å². The number of hydrogen-bond donors (Lipinski definition) is 1. The van der Waals surface area contributed by atoms with E-state index in [2.05, 4.69) is 20.2 Å². The fourth-order valence-electron chi connectivity index (χ4n) is 1.09. The van der Waals surface area contributed by atoms with Crippen molar-refractivity contribution in [2.45, 2.75) is 5.03 Å². The van der Waals surface area contributed by atoms with Crippen LogP contribution in [0.5, 0.6) is 0 Å². The number of thioether (sulfide) groups is 1. The Bertz CT molecular complexity index is 541. The van der Waals surface area contributed by atoms with Crippen molar-refractivity contribution in [1.29, 1.82) is 0 Å². The van der Waals surface area contributed by atoms with Gasteiger partial charge in [-0.3, -0.25) is 4.79 Å². The van der Waals surface area contributed by atoms with Crippen molar-refractivity contribution in [3.8, 4) is 0 Å². The third-order valence-corrected chi connectivity index (χ3v) is 2.81. The predicted octanol–water partition coefficient (Wildman–Crippen LogP) is 1.04. The molecule has 0 saturated heterocycles. The topological polar surface area (TPSA) is 71.5 Å². The molecule has 0 unspecified atom stereocenters. The zero-order valence-electron chi connectivity index (χ0n) is 7.11. The molecule has 2 aromatic rings. The smallest absolute Gasteiger partial charge is 0.267 e. The van der Waals surface area contributed by atoms with Gasteiger partial charge in [-0.2, -0.15) is 5.10 Å². The molecule has 0 radical (unpaired) electrons. The van der Waals surface area contributed by atoms with Gasteiger partial charge in [0, 0.05) is 22.6 Å². The number of nitrogens with zero attached hydrogens (tertiary/aromatic N) is 3. The molecule has 0 atom stereocenters. The van der Waals surface area contributed by atoms with E-state index in [4.69, 9.17) is 0 Å². The molecule has 0 bridgehead atoms.